The van der Waals surface area contributed by atoms with Crippen molar-refractivity contribution in [2.45, 2.75) is 25.9 Å². The van der Waals surface area contributed by atoms with Crippen molar-refractivity contribution in [2.24, 2.45) is 0 Å². The third-order valence-corrected chi connectivity index (χ3v) is 4.00. The second-order valence-electron chi connectivity index (χ2n) is 5.88. The second kappa shape index (κ2) is 7.61. The number of benzene rings is 1. The lowest BCUT2D eigenvalue weighted by molar-refractivity contribution is 0.234. The average Bonchev–Trinajstić information content (AvgIpc) is 3.17. The van der Waals surface area contributed by atoms with Crippen LogP contribution < -0.4 is 10.6 Å². The van der Waals surface area contributed by atoms with Gasteiger partial charge in [0, 0.05) is 24.3 Å². The number of pyridine rings is 1. The molecular weight excluding hydrogens is 314 g/mol. The first-order valence-electron chi connectivity index (χ1n) is 8.20. The first-order valence-corrected chi connectivity index (χ1v) is 8.20. The predicted octanol–water partition coefficient (Wildman–Crippen LogP) is 3.39. The van der Waals surface area contributed by atoms with E-state index in [2.05, 4.69) is 20.6 Å². The molecule has 6 nitrogen and oxygen atoms in total. The van der Waals surface area contributed by atoms with Gasteiger partial charge in [0.2, 0.25) is 0 Å². The zero-order valence-electron chi connectivity index (χ0n) is 14.3. The Kier molecular flexibility index (Phi) is 5.09. The number of rotatable bonds is 5. The molecule has 2 N–H and O–H groups in total. The number of nitrogens with one attached hydrogen (secondary N) is 2. The van der Waals surface area contributed by atoms with Crippen LogP contribution in [0.25, 0.3) is 5.69 Å². The summed E-state index contributed by atoms with van der Waals surface area (Å²) >= 11 is 0. The molecule has 2 heterocycles. The molecular formula is C19H21N5O. The standard InChI is InChI=1S/C19H21N5O/c1-14(16-6-5-7-17(12-16)24-11-10-20-13-24)22-19(25)23-15(2)18-8-3-4-9-21-18/h3-15H,1-2H3,(H2,22,23,25)/t14-,15-/m1/s1. The fourth-order valence-corrected chi connectivity index (χ4v) is 2.59. The van der Waals surface area contributed by atoms with Gasteiger partial charge in [0.05, 0.1) is 24.1 Å². The molecule has 0 fully saturated rings. The molecule has 2 aromatic heterocycles. The Labute approximate surface area is 146 Å². The average molecular weight is 335 g/mol. The number of hydrogen-bond acceptors (Lipinski definition) is 3. The lowest BCUT2D eigenvalue weighted by atomic mass is 10.1. The highest BCUT2D eigenvalue weighted by Gasteiger charge is 2.14. The summed E-state index contributed by atoms with van der Waals surface area (Å²) in [5.74, 6) is 0. The third-order valence-electron chi connectivity index (χ3n) is 4.00. The van der Waals surface area contributed by atoms with Gasteiger partial charge in [-0.05, 0) is 43.7 Å². The van der Waals surface area contributed by atoms with Gasteiger partial charge in [0.1, 0.15) is 0 Å². The summed E-state index contributed by atoms with van der Waals surface area (Å²) in [5, 5.41) is 5.88. The van der Waals surface area contributed by atoms with Crippen molar-refractivity contribution >= 4 is 6.03 Å². The Hall–Kier alpha value is -3.15. The maximum Gasteiger partial charge on any atom is 0.315 e. The van der Waals surface area contributed by atoms with E-state index in [9.17, 15) is 4.79 Å². The van der Waals surface area contributed by atoms with Crippen LogP contribution in [-0.4, -0.2) is 20.6 Å². The normalized spacial score (nSPS) is 13.0. The summed E-state index contributed by atoms with van der Waals surface area (Å²) < 4.78 is 1.93. The van der Waals surface area contributed by atoms with Crippen LogP contribution in [0.2, 0.25) is 0 Å². The van der Waals surface area contributed by atoms with Crippen LogP contribution in [0.15, 0.2) is 67.4 Å². The molecule has 0 radical (unpaired) electrons. The van der Waals surface area contributed by atoms with Gasteiger partial charge in [-0.1, -0.05) is 18.2 Å². The molecule has 1 aromatic carbocycles. The summed E-state index contributed by atoms with van der Waals surface area (Å²) in [5.41, 5.74) is 2.85. The largest absolute Gasteiger partial charge is 0.332 e. The SMILES string of the molecule is C[C@@H](NC(=O)N[C@H](C)c1ccccn1)c1cccc(-n2ccnc2)c1. The third kappa shape index (κ3) is 4.23. The van der Waals surface area contributed by atoms with E-state index >= 15 is 0 Å². The molecule has 0 saturated heterocycles. The van der Waals surface area contributed by atoms with Crippen molar-refractivity contribution in [3.05, 3.63) is 78.6 Å². The lowest BCUT2D eigenvalue weighted by Gasteiger charge is -2.19. The zero-order valence-corrected chi connectivity index (χ0v) is 14.3. The Balaban J connectivity index is 1.63. The van der Waals surface area contributed by atoms with E-state index in [1.807, 2.05) is 67.1 Å². The van der Waals surface area contributed by atoms with E-state index in [1.54, 1.807) is 18.7 Å². The topological polar surface area (TPSA) is 71.8 Å². The molecule has 2 amide bonds. The number of urea groups is 1. The van der Waals surface area contributed by atoms with Gasteiger partial charge in [-0.2, -0.15) is 0 Å². The van der Waals surface area contributed by atoms with E-state index in [0.717, 1.165) is 16.9 Å². The number of hydrogen-bond donors (Lipinski definition) is 2. The van der Waals surface area contributed by atoms with Gasteiger partial charge in [-0.15, -0.1) is 0 Å². The van der Waals surface area contributed by atoms with E-state index in [0.29, 0.717) is 0 Å². The highest BCUT2D eigenvalue weighted by atomic mass is 16.2. The van der Waals surface area contributed by atoms with Gasteiger partial charge in [-0.3, -0.25) is 4.98 Å². The molecule has 0 spiro atoms. The number of aromatic nitrogens is 3. The summed E-state index contributed by atoms with van der Waals surface area (Å²) in [4.78, 5) is 20.6. The Morgan fingerprint density at radius 3 is 2.60 bits per heavy atom. The molecule has 0 aliphatic rings. The van der Waals surface area contributed by atoms with Crippen LogP contribution in [0.5, 0.6) is 0 Å². The van der Waals surface area contributed by atoms with Gasteiger partial charge < -0.3 is 15.2 Å². The zero-order chi connectivity index (χ0) is 17.6. The van der Waals surface area contributed by atoms with Crippen molar-refractivity contribution < 1.29 is 4.79 Å². The van der Waals surface area contributed by atoms with Gasteiger partial charge in [0.15, 0.2) is 0 Å². The van der Waals surface area contributed by atoms with E-state index in [4.69, 9.17) is 0 Å². The summed E-state index contributed by atoms with van der Waals surface area (Å²) in [6.07, 6.45) is 7.09. The molecule has 25 heavy (non-hydrogen) atoms. The summed E-state index contributed by atoms with van der Waals surface area (Å²) in [6, 6.07) is 13.1. The molecule has 128 valence electrons. The molecule has 6 heteroatoms. The first-order chi connectivity index (χ1) is 12.1. The van der Waals surface area contributed by atoms with E-state index in [-0.39, 0.29) is 18.1 Å². The van der Waals surface area contributed by atoms with Crippen LogP contribution in [0.3, 0.4) is 0 Å². The van der Waals surface area contributed by atoms with Gasteiger partial charge in [-0.25, -0.2) is 9.78 Å². The number of imidazole rings is 1. The maximum absolute atomic E-state index is 12.3. The smallest absolute Gasteiger partial charge is 0.315 e. The van der Waals surface area contributed by atoms with Crippen molar-refractivity contribution in [1.82, 2.24) is 25.2 Å². The minimum Gasteiger partial charge on any atom is -0.332 e. The fourth-order valence-electron chi connectivity index (χ4n) is 2.59. The first kappa shape index (κ1) is 16.7. The maximum atomic E-state index is 12.3. The Bertz CT molecular complexity index is 817. The Morgan fingerprint density at radius 1 is 1.04 bits per heavy atom. The van der Waals surface area contributed by atoms with Crippen LogP contribution in [0, 0.1) is 0 Å². The minimum absolute atomic E-state index is 0.126. The molecule has 0 bridgehead atoms. The van der Waals surface area contributed by atoms with Gasteiger partial charge in [0.25, 0.3) is 0 Å². The van der Waals surface area contributed by atoms with Crippen molar-refractivity contribution in [1.29, 1.82) is 0 Å². The minimum atomic E-state index is -0.223. The number of amides is 2. The molecule has 3 aromatic rings. The summed E-state index contributed by atoms with van der Waals surface area (Å²) in [7, 11) is 0. The molecule has 0 aliphatic heterocycles. The molecule has 0 unspecified atom stereocenters. The summed E-state index contributed by atoms with van der Waals surface area (Å²) in [6.45, 7) is 3.87. The van der Waals surface area contributed by atoms with E-state index in [1.165, 1.54) is 0 Å². The molecule has 3 rings (SSSR count). The number of carbonyl (C=O) groups excluding carboxylic acids is 1. The number of nitrogens with zero attached hydrogens (tertiary/aromatic N) is 3. The molecule has 2 atom stereocenters. The van der Waals surface area contributed by atoms with E-state index < -0.39 is 0 Å². The second-order valence-corrected chi connectivity index (χ2v) is 5.88. The van der Waals surface area contributed by atoms with Crippen LogP contribution in [0.1, 0.15) is 37.2 Å². The van der Waals surface area contributed by atoms with Crippen LogP contribution >= 0.6 is 0 Å². The lowest BCUT2D eigenvalue weighted by Crippen LogP contribution is -2.38. The van der Waals surface area contributed by atoms with Gasteiger partial charge >= 0.3 is 6.03 Å². The monoisotopic (exact) mass is 335 g/mol. The number of carbonyl (C=O) groups is 1. The van der Waals surface area contributed by atoms with Crippen LogP contribution in [0.4, 0.5) is 4.79 Å². The van der Waals surface area contributed by atoms with Crippen molar-refractivity contribution in [3.8, 4) is 5.69 Å². The van der Waals surface area contributed by atoms with Crippen molar-refractivity contribution in [3.63, 3.8) is 0 Å². The molecule has 0 saturated carbocycles. The highest BCUT2D eigenvalue weighted by molar-refractivity contribution is 5.74. The quantitative estimate of drug-likeness (QED) is 0.751. The fraction of sp³-hybridized carbons (Fsp3) is 0.211. The Morgan fingerprint density at radius 2 is 1.88 bits per heavy atom. The predicted molar refractivity (Wildman–Crippen MR) is 96.3 cm³/mol. The molecule has 0 aliphatic carbocycles. The van der Waals surface area contributed by atoms with Crippen molar-refractivity contribution in [2.75, 3.05) is 0 Å². The van der Waals surface area contributed by atoms with Crippen LogP contribution in [-0.2, 0) is 0 Å². The highest BCUT2D eigenvalue weighted by Crippen LogP contribution is 2.17.